The highest BCUT2D eigenvalue weighted by molar-refractivity contribution is 5.85. The first-order valence-corrected chi connectivity index (χ1v) is 8.81. The van der Waals surface area contributed by atoms with Crippen LogP contribution in [0.15, 0.2) is 54.7 Å². The normalized spacial score (nSPS) is 22.2. The molecule has 1 aliphatic carbocycles. The fraction of sp³-hybridized carbons (Fsp3) is 0.333. The largest absolute Gasteiger partial charge is 0.377 e. The lowest BCUT2D eigenvalue weighted by Crippen LogP contribution is -2.34. The average Bonchev–Trinajstić information content (AvgIpc) is 3.16. The number of anilines is 1. The molecule has 1 saturated carbocycles. The van der Waals surface area contributed by atoms with Gasteiger partial charge in [0.05, 0.1) is 6.04 Å². The van der Waals surface area contributed by atoms with Gasteiger partial charge in [-0.05, 0) is 30.5 Å². The highest BCUT2D eigenvalue weighted by Crippen LogP contribution is 2.56. The third kappa shape index (κ3) is 1.81. The van der Waals surface area contributed by atoms with Gasteiger partial charge in [-0.2, -0.15) is 0 Å². The van der Waals surface area contributed by atoms with E-state index in [-0.39, 0.29) is 5.41 Å². The monoisotopic (exact) mass is 302 g/mol. The molecule has 2 nitrogen and oxygen atoms in total. The van der Waals surface area contributed by atoms with Crippen molar-refractivity contribution in [3.63, 3.8) is 0 Å². The number of hydrogen-bond acceptors (Lipinski definition) is 1. The van der Waals surface area contributed by atoms with Crippen molar-refractivity contribution in [3.05, 3.63) is 65.9 Å². The molecule has 1 atom stereocenters. The van der Waals surface area contributed by atoms with Crippen LogP contribution in [0.5, 0.6) is 0 Å². The van der Waals surface area contributed by atoms with Gasteiger partial charge in [0.1, 0.15) is 0 Å². The molecule has 0 amide bonds. The Balaban J connectivity index is 1.70. The van der Waals surface area contributed by atoms with Crippen molar-refractivity contribution in [2.75, 3.05) is 5.32 Å². The number of hydrogen-bond donors (Lipinski definition) is 2. The second-order valence-corrected chi connectivity index (χ2v) is 7.13. The Morgan fingerprint density at radius 1 is 0.870 bits per heavy atom. The van der Waals surface area contributed by atoms with E-state index >= 15 is 0 Å². The summed E-state index contributed by atoms with van der Waals surface area (Å²) in [7, 11) is 0. The Morgan fingerprint density at radius 3 is 2.57 bits per heavy atom. The van der Waals surface area contributed by atoms with Crippen LogP contribution in [0.2, 0.25) is 0 Å². The Morgan fingerprint density at radius 2 is 1.65 bits per heavy atom. The van der Waals surface area contributed by atoms with E-state index in [0.29, 0.717) is 6.04 Å². The number of benzene rings is 2. The summed E-state index contributed by atoms with van der Waals surface area (Å²) in [6.45, 7) is 0. The van der Waals surface area contributed by atoms with E-state index in [9.17, 15) is 0 Å². The SMILES string of the molecule is c1ccc2c(c1)NC(c1c[nH]c3ccccc13)C21CCCCC1. The standard InChI is InChI=1S/C21H22N2/c1-6-12-21(13-7-1)17-9-3-5-11-19(17)23-20(21)16-14-22-18-10-4-2-8-15(16)18/h2-5,8-11,14,20,22-23H,1,6-7,12-13H2. The molecule has 2 N–H and O–H groups in total. The molecule has 1 fully saturated rings. The van der Waals surface area contributed by atoms with Gasteiger partial charge in [-0.1, -0.05) is 55.7 Å². The highest BCUT2D eigenvalue weighted by Gasteiger charge is 2.48. The predicted molar refractivity (Wildman–Crippen MR) is 95.9 cm³/mol. The van der Waals surface area contributed by atoms with Crippen LogP contribution in [-0.4, -0.2) is 4.98 Å². The second-order valence-electron chi connectivity index (χ2n) is 7.13. The minimum absolute atomic E-state index is 0.264. The molecule has 1 unspecified atom stereocenters. The van der Waals surface area contributed by atoms with Crippen molar-refractivity contribution in [1.82, 2.24) is 4.98 Å². The zero-order chi connectivity index (χ0) is 15.3. The molecule has 2 aliphatic rings. The van der Waals surface area contributed by atoms with Crippen molar-refractivity contribution >= 4 is 16.6 Å². The topological polar surface area (TPSA) is 27.8 Å². The van der Waals surface area contributed by atoms with Crippen LogP contribution in [0.25, 0.3) is 10.9 Å². The first kappa shape index (κ1) is 13.2. The number of aromatic amines is 1. The minimum atomic E-state index is 0.264. The summed E-state index contributed by atoms with van der Waals surface area (Å²) < 4.78 is 0. The molecular weight excluding hydrogens is 280 g/mol. The number of nitrogens with one attached hydrogen (secondary N) is 2. The van der Waals surface area contributed by atoms with Gasteiger partial charge in [-0.25, -0.2) is 0 Å². The van der Waals surface area contributed by atoms with Crippen molar-refractivity contribution in [1.29, 1.82) is 0 Å². The molecule has 116 valence electrons. The summed E-state index contributed by atoms with van der Waals surface area (Å²) in [6.07, 6.45) is 8.88. The summed E-state index contributed by atoms with van der Waals surface area (Å²) in [5, 5.41) is 5.23. The van der Waals surface area contributed by atoms with E-state index in [1.807, 2.05) is 0 Å². The fourth-order valence-electron chi connectivity index (χ4n) is 4.94. The van der Waals surface area contributed by atoms with E-state index in [1.165, 1.54) is 59.8 Å². The van der Waals surface area contributed by atoms with Crippen LogP contribution < -0.4 is 5.32 Å². The van der Waals surface area contributed by atoms with Crippen molar-refractivity contribution in [3.8, 4) is 0 Å². The molecule has 0 radical (unpaired) electrons. The molecule has 5 rings (SSSR count). The lowest BCUT2D eigenvalue weighted by molar-refractivity contribution is 0.271. The van der Waals surface area contributed by atoms with Gasteiger partial charge in [0, 0.05) is 33.8 Å². The third-order valence-electron chi connectivity index (χ3n) is 5.99. The molecule has 2 heteroatoms. The van der Waals surface area contributed by atoms with Gasteiger partial charge >= 0.3 is 0 Å². The smallest absolute Gasteiger partial charge is 0.0632 e. The summed E-state index contributed by atoms with van der Waals surface area (Å²) in [6, 6.07) is 18.0. The molecule has 0 bridgehead atoms. The molecule has 23 heavy (non-hydrogen) atoms. The van der Waals surface area contributed by atoms with Gasteiger partial charge in [0.15, 0.2) is 0 Å². The van der Waals surface area contributed by atoms with Gasteiger partial charge < -0.3 is 10.3 Å². The second kappa shape index (κ2) is 4.89. The number of fused-ring (bicyclic) bond motifs is 3. The molecule has 1 aromatic heterocycles. The Kier molecular flexibility index (Phi) is 2.81. The van der Waals surface area contributed by atoms with Gasteiger partial charge in [-0.3, -0.25) is 0 Å². The van der Waals surface area contributed by atoms with Crippen LogP contribution in [0, 0.1) is 0 Å². The van der Waals surface area contributed by atoms with Crippen molar-refractivity contribution in [2.24, 2.45) is 0 Å². The Hall–Kier alpha value is -2.22. The van der Waals surface area contributed by atoms with Crippen LogP contribution in [-0.2, 0) is 5.41 Å². The molecule has 1 spiro atoms. The summed E-state index contributed by atoms with van der Waals surface area (Å²) >= 11 is 0. The molecule has 0 saturated heterocycles. The van der Waals surface area contributed by atoms with Crippen molar-refractivity contribution < 1.29 is 0 Å². The first-order chi connectivity index (χ1) is 11.4. The highest BCUT2D eigenvalue weighted by atomic mass is 15.0. The zero-order valence-corrected chi connectivity index (χ0v) is 13.3. The lowest BCUT2D eigenvalue weighted by Gasteiger charge is -2.39. The Labute approximate surface area is 136 Å². The summed E-state index contributed by atoms with van der Waals surface area (Å²) in [5.74, 6) is 0. The fourth-order valence-corrected chi connectivity index (χ4v) is 4.94. The van der Waals surface area contributed by atoms with Crippen LogP contribution in [0.3, 0.4) is 0 Å². The number of rotatable bonds is 1. The minimum Gasteiger partial charge on any atom is -0.377 e. The quantitative estimate of drug-likeness (QED) is 0.607. The van der Waals surface area contributed by atoms with E-state index in [2.05, 4.69) is 65.0 Å². The van der Waals surface area contributed by atoms with Gasteiger partial charge in [-0.15, -0.1) is 0 Å². The maximum atomic E-state index is 3.87. The van der Waals surface area contributed by atoms with Gasteiger partial charge in [0.2, 0.25) is 0 Å². The summed E-state index contributed by atoms with van der Waals surface area (Å²) in [5.41, 5.74) is 5.81. The van der Waals surface area contributed by atoms with Crippen LogP contribution in [0.1, 0.15) is 49.3 Å². The first-order valence-electron chi connectivity index (χ1n) is 8.81. The molecule has 1 aliphatic heterocycles. The molecule has 3 aromatic rings. The Bertz CT molecular complexity index is 855. The molecule has 2 heterocycles. The van der Waals surface area contributed by atoms with E-state index in [0.717, 1.165) is 0 Å². The van der Waals surface area contributed by atoms with E-state index < -0.39 is 0 Å². The van der Waals surface area contributed by atoms with E-state index in [4.69, 9.17) is 0 Å². The third-order valence-corrected chi connectivity index (χ3v) is 5.99. The predicted octanol–water partition coefficient (Wildman–Crippen LogP) is 5.54. The zero-order valence-electron chi connectivity index (χ0n) is 13.3. The maximum absolute atomic E-state index is 3.87. The van der Waals surface area contributed by atoms with Crippen molar-refractivity contribution in [2.45, 2.75) is 43.6 Å². The maximum Gasteiger partial charge on any atom is 0.0632 e. The molecule has 2 aromatic carbocycles. The van der Waals surface area contributed by atoms with Gasteiger partial charge in [0.25, 0.3) is 0 Å². The van der Waals surface area contributed by atoms with Crippen LogP contribution >= 0.6 is 0 Å². The number of H-pyrrole nitrogens is 1. The van der Waals surface area contributed by atoms with Crippen LogP contribution in [0.4, 0.5) is 5.69 Å². The van der Waals surface area contributed by atoms with E-state index in [1.54, 1.807) is 0 Å². The molecular formula is C21H22N2. The average molecular weight is 302 g/mol. The lowest BCUT2D eigenvalue weighted by atomic mass is 9.65. The number of aromatic nitrogens is 1. The summed E-state index contributed by atoms with van der Waals surface area (Å²) in [4.78, 5) is 3.47. The number of para-hydroxylation sites is 2.